The number of hydrogen-bond donors (Lipinski definition) is 3. The van der Waals surface area contributed by atoms with E-state index in [0.29, 0.717) is 5.56 Å². The first-order valence-electron chi connectivity index (χ1n) is 14.4. The van der Waals surface area contributed by atoms with E-state index in [1.807, 2.05) is 0 Å². The molecular formula is C30H32ClF3N6O6. The highest BCUT2D eigenvalue weighted by Crippen LogP contribution is 2.35. The molecule has 3 heterocycles. The van der Waals surface area contributed by atoms with Gasteiger partial charge in [-0.05, 0) is 69.2 Å². The van der Waals surface area contributed by atoms with E-state index in [-0.39, 0.29) is 48.9 Å². The summed E-state index contributed by atoms with van der Waals surface area (Å²) in [5.74, 6) is -3.86. The van der Waals surface area contributed by atoms with Crippen LogP contribution in [0.3, 0.4) is 0 Å². The highest BCUT2D eigenvalue weighted by Gasteiger charge is 2.52. The summed E-state index contributed by atoms with van der Waals surface area (Å²) in [6.45, 7) is 4.73. The van der Waals surface area contributed by atoms with Crippen LogP contribution in [0.1, 0.15) is 56.9 Å². The summed E-state index contributed by atoms with van der Waals surface area (Å²) < 4.78 is 53.7. The number of amides is 3. The number of ether oxygens (including phenoxy) is 2. The third-order valence-electron chi connectivity index (χ3n) is 7.47. The zero-order chi connectivity index (χ0) is 33.4. The van der Waals surface area contributed by atoms with E-state index in [2.05, 4.69) is 20.8 Å². The normalized spacial score (nSPS) is 23.3. The fourth-order valence-corrected chi connectivity index (χ4v) is 5.60. The molecule has 2 aromatic carbocycles. The Morgan fingerprint density at radius 1 is 1.17 bits per heavy atom. The first-order valence-corrected chi connectivity index (χ1v) is 14.8. The number of halogens is 4. The van der Waals surface area contributed by atoms with Crippen LogP contribution in [0, 0.1) is 17.5 Å². The summed E-state index contributed by atoms with van der Waals surface area (Å²) in [5.41, 5.74) is -2.98. The van der Waals surface area contributed by atoms with Crippen molar-refractivity contribution in [3.05, 3.63) is 76.2 Å². The zero-order valence-corrected chi connectivity index (χ0v) is 25.9. The Morgan fingerprint density at radius 2 is 1.93 bits per heavy atom. The fraction of sp³-hybridized carbons (Fsp3) is 0.433. The van der Waals surface area contributed by atoms with E-state index >= 15 is 0 Å². The largest absolute Gasteiger partial charge is 0.444 e. The van der Waals surface area contributed by atoms with Gasteiger partial charge in [0.15, 0.2) is 5.82 Å². The topological polar surface area (TPSA) is 148 Å². The third-order valence-corrected chi connectivity index (χ3v) is 7.69. The average Bonchev–Trinajstić information content (AvgIpc) is 3.57. The summed E-state index contributed by atoms with van der Waals surface area (Å²) in [5, 5.41) is 24.8. The fourth-order valence-electron chi connectivity index (χ4n) is 5.35. The number of rotatable bonds is 7. The summed E-state index contributed by atoms with van der Waals surface area (Å²) in [7, 11) is 0. The van der Waals surface area contributed by atoms with Gasteiger partial charge in [0.1, 0.15) is 29.2 Å². The highest BCUT2D eigenvalue weighted by atomic mass is 35.5. The van der Waals surface area contributed by atoms with Crippen LogP contribution in [0.2, 0.25) is 5.02 Å². The molecule has 0 saturated carbocycles. The maximum absolute atomic E-state index is 14.7. The number of benzene rings is 2. The molecule has 5 rings (SSSR count). The second-order valence-electron chi connectivity index (χ2n) is 12.1. The van der Waals surface area contributed by atoms with Crippen LogP contribution in [0.5, 0.6) is 0 Å². The lowest BCUT2D eigenvalue weighted by Crippen LogP contribution is -2.52. The molecule has 2 aliphatic rings. The third kappa shape index (κ3) is 7.26. The van der Waals surface area contributed by atoms with Crippen LogP contribution >= 0.6 is 11.6 Å². The minimum atomic E-state index is -2.40. The maximum atomic E-state index is 14.7. The number of aromatic nitrogens is 3. The molecule has 0 spiro atoms. The first kappa shape index (κ1) is 33.2. The molecule has 2 fully saturated rings. The summed E-state index contributed by atoms with van der Waals surface area (Å²) in [4.78, 5) is 41.1. The van der Waals surface area contributed by atoms with E-state index in [0.717, 1.165) is 35.2 Å². The van der Waals surface area contributed by atoms with Crippen molar-refractivity contribution in [3.63, 3.8) is 0 Å². The molecule has 2 saturated heterocycles. The van der Waals surface area contributed by atoms with Crippen molar-refractivity contribution >= 4 is 35.3 Å². The van der Waals surface area contributed by atoms with Gasteiger partial charge in [0.25, 0.3) is 11.8 Å². The van der Waals surface area contributed by atoms with Crippen molar-refractivity contribution in [2.24, 2.45) is 0 Å². The van der Waals surface area contributed by atoms with Gasteiger partial charge in [-0.15, -0.1) is 5.10 Å². The molecule has 16 heteroatoms. The number of carbonyl (C=O) groups is 3. The monoisotopic (exact) mass is 664 g/mol. The van der Waals surface area contributed by atoms with Gasteiger partial charge in [-0.25, -0.2) is 18.0 Å². The molecule has 12 nitrogen and oxygen atoms in total. The standard InChI is InChI=1S/C30H32ClF3N6O6/c1-29(2,3)46-28(43)37-23-12-20(15-45-25(23)21-11-18(32)4-5-22(21)34)40-36-14-24(38-40)39-7-6-30(44,27(39)42)26(41)35-13-16-8-17(31)10-19(33)9-16/h4-5,8-11,14,20,23,25,44H,6-7,12-13,15H2,1-3H3,(H,35,41)(H,37,43)/t20-,23+,25-,30+/m1/s1. The van der Waals surface area contributed by atoms with Gasteiger partial charge in [-0.1, -0.05) is 11.6 Å². The van der Waals surface area contributed by atoms with Crippen LogP contribution in [0.25, 0.3) is 0 Å². The Kier molecular flexibility index (Phi) is 9.29. The van der Waals surface area contributed by atoms with E-state index in [9.17, 15) is 32.7 Å². The number of nitrogens with one attached hydrogen (secondary N) is 2. The van der Waals surface area contributed by atoms with Crippen LogP contribution in [0.4, 0.5) is 23.8 Å². The van der Waals surface area contributed by atoms with Crippen molar-refractivity contribution in [3.8, 4) is 0 Å². The molecule has 46 heavy (non-hydrogen) atoms. The predicted octanol–water partition coefficient (Wildman–Crippen LogP) is 3.73. The predicted molar refractivity (Wildman–Crippen MR) is 157 cm³/mol. The minimum Gasteiger partial charge on any atom is -0.444 e. The van der Waals surface area contributed by atoms with Crippen LogP contribution in [-0.4, -0.2) is 68.4 Å². The maximum Gasteiger partial charge on any atom is 0.407 e. The first-order chi connectivity index (χ1) is 21.6. The number of anilines is 1. The molecule has 0 unspecified atom stereocenters. The van der Waals surface area contributed by atoms with Gasteiger partial charge in [-0.3, -0.25) is 14.5 Å². The average molecular weight is 665 g/mol. The Balaban J connectivity index is 1.29. The molecule has 246 valence electrons. The number of carbonyl (C=O) groups excluding carboxylic acids is 3. The summed E-state index contributed by atoms with van der Waals surface area (Å²) in [6, 6.07) is 5.13. The molecule has 3 amide bonds. The smallest absolute Gasteiger partial charge is 0.407 e. The van der Waals surface area contributed by atoms with Crippen molar-refractivity contribution in [1.29, 1.82) is 0 Å². The number of hydrogen-bond acceptors (Lipinski definition) is 8. The van der Waals surface area contributed by atoms with Gasteiger partial charge >= 0.3 is 6.09 Å². The second-order valence-corrected chi connectivity index (χ2v) is 12.5. The van der Waals surface area contributed by atoms with E-state index in [1.165, 1.54) is 17.1 Å². The second kappa shape index (κ2) is 12.9. The molecule has 3 aromatic rings. The van der Waals surface area contributed by atoms with E-state index in [1.54, 1.807) is 20.8 Å². The quantitative estimate of drug-likeness (QED) is 0.324. The van der Waals surface area contributed by atoms with Crippen LogP contribution < -0.4 is 15.5 Å². The number of nitrogens with zero attached hydrogens (tertiary/aromatic N) is 4. The highest BCUT2D eigenvalue weighted by molar-refractivity contribution is 6.30. The van der Waals surface area contributed by atoms with Crippen molar-refractivity contribution < 1.29 is 42.1 Å². The van der Waals surface area contributed by atoms with Gasteiger partial charge in [-0.2, -0.15) is 9.90 Å². The lowest BCUT2D eigenvalue weighted by atomic mass is 9.93. The molecule has 0 bridgehead atoms. The van der Waals surface area contributed by atoms with Crippen molar-refractivity contribution in [2.75, 3.05) is 18.1 Å². The van der Waals surface area contributed by atoms with Crippen molar-refractivity contribution in [2.45, 2.75) is 69.5 Å². The summed E-state index contributed by atoms with van der Waals surface area (Å²) in [6.07, 6.45) is -0.725. The Labute approximate surface area is 266 Å². The zero-order valence-electron chi connectivity index (χ0n) is 25.1. The van der Waals surface area contributed by atoms with Gasteiger partial charge in [0.05, 0.1) is 24.9 Å². The Hall–Kier alpha value is -4.21. The number of aliphatic hydroxyl groups is 1. The molecule has 2 aliphatic heterocycles. The molecule has 0 aliphatic carbocycles. The van der Waals surface area contributed by atoms with Gasteiger partial charge in [0, 0.05) is 30.1 Å². The molecular weight excluding hydrogens is 633 g/mol. The minimum absolute atomic E-state index is 0.0422. The van der Waals surface area contributed by atoms with Crippen molar-refractivity contribution in [1.82, 2.24) is 25.6 Å². The van der Waals surface area contributed by atoms with E-state index in [4.69, 9.17) is 21.1 Å². The molecule has 1 aromatic heterocycles. The van der Waals surface area contributed by atoms with E-state index < -0.39 is 64.7 Å². The van der Waals surface area contributed by atoms with Crippen LogP contribution in [0.15, 0.2) is 42.6 Å². The molecule has 4 atom stereocenters. The SMILES string of the molecule is CC(C)(C)OC(=O)N[C@H]1C[C@@H](n2ncc(N3CC[C@](O)(C(=O)NCc4cc(F)cc(Cl)c4)C3=O)n2)CO[C@@H]1c1cc(F)ccc1F. The summed E-state index contributed by atoms with van der Waals surface area (Å²) >= 11 is 5.85. The Morgan fingerprint density at radius 3 is 2.65 bits per heavy atom. The van der Waals surface area contributed by atoms with Gasteiger partial charge in [0.2, 0.25) is 5.60 Å². The van der Waals surface area contributed by atoms with Gasteiger partial charge < -0.3 is 25.2 Å². The molecule has 3 N–H and O–H groups in total. The number of alkyl carbamates (subject to hydrolysis) is 1. The Bertz CT molecular complexity index is 1630. The lowest BCUT2D eigenvalue weighted by Gasteiger charge is -2.36. The lowest BCUT2D eigenvalue weighted by molar-refractivity contribution is -0.149. The molecule has 0 radical (unpaired) electrons. The van der Waals surface area contributed by atoms with Crippen LogP contribution in [-0.2, 0) is 25.6 Å².